The lowest BCUT2D eigenvalue weighted by molar-refractivity contribution is -0.154. The van der Waals surface area contributed by atoms with Crippen molar-refractivity contribution in [2.24, 2.45) is 5.41 Å². The molecule has 0 saturated heterocycles. The summed E-state index contributed by atoms with van der Waals surface area (Å²) in [6.45, 7) is 0. The van der Waals surface area contributed by atoms with Crippen molar-refractivity contribution in [3.8, 4) is 0 Å². The molecule has 1 saturated carbocycles. The van der Waals surface area contributed by atoms with E-state index in [0.717, 1.165) is 24.8 Å². The van der Waals surface area contributed by atoms with Crippen LogP contribution in [0.15, 0.2) is 24.5 Å². The Morgan fingerprint density at radius 3 is 2.50 bits per heavy atom. The number of hydrogen-bond donors (Lipinski definition) is 1. The molecule has 1 aromatic rings. The van der Waals surface area contributed by atoms with Crippen molar-refractivity contribution in [1.29, 1.82) is 0 Å². The summed E-state index contributed by atoms with van der Waals surface area (Å²) in [5.74, 6) is -0.652. The molecule has 2 rings (SSSR count). The number of hydrogen-bond acceptors (Lipinski definition) is 2. The first-order chi connectivity index (χ1) is 6.73. The molecular formula is C11H13NO2. The Balaban J connectivity index is 2.13. The van der Waals surface area contributed by atoms with Gasteiger partial charge in [-0.2, -0.15) is 0 Å². The van der Waals surface area contributed by atoms with E-state index in [1.165, 1.54) is 0 Å². The van der Waals surface area contributed by atoms with Crippen molar-refractivity contribution < 1.29 is 9.90 Å². The molecule has 0 aromatic carbocycles. The van der Waals surface area contributed by atoms with E-state index >= 15 is 0 Å². The third-order valence-electron chi connectivity index (χ3n) is 3.06. The monoisotopic (exact) mass is 191 g/mol. The van der Waals surface area contributed by atoms with Crippen LogP contribution < -0.4 is 0 Å². The second kappa shape index (κ2) is 3.40. The summed E-state index contributed by atoms with van der Waals surface area (Å²) < 4.78 is 0. The van der Waals surface area contributed by atoms with Crippen LogP contribution in [0.1, 0.15) is 24.8 Å². The van der Waals surface area contributed by atoms with E-state index in [1.807, 2.05) is 12.1 Å². The first kappa shape index (κ1) is 9.19. The molecule has 0 bridgehead atoms. The van der Waals surface area contributed by atoms with Gasteiger partial charge in [-0.1, -0.05) is 6.42 Å². The summed E-state index contributed by atoms with van der Waals surface area (Å²) in [6, 6.07) is 3.78. The van der Waals surface area contributed by atoms with E-state index in [1.54, 1.807) is 12.4 Å². The Morgan fingerprint density at radius 1 is 1.43 bits per heavy atom. The highest BCUT2D eigenvalue weighted by Crippen LogP contribution is 2.43. The van der Waals surface area contributed by atoms with Gasteiger partial charge in [0.1, 0.15) is 0 Å². The van der Waals surface area contributed by atoms with Crippen LogP contribution in [0.5, 0.6) is 0 Å². The number of nitrogens with zero attached hydrogens (tertiary/aromatic N) is 1. The van der Waals surface area contributed by atoms with E-state index in [4.69, 9.17) is 5.11 Å². The molecule has 1 aromatic heterocycles. The van der Waals surface area contributed by atoms with Crippen LogP contribution >= 0.6 is 0 Å². The van der Waals surface area contributed by atoms with E-state index in [0.29, 0.717) is 6.42 Å². The predicted molar refractivity (Wildman–Crippen MR) is 51.9 cm³/mol. The maximum atomic E-state index is 11.1. The van der Waals surface area contributed by atoms with Gasteiger partial charge in [-0.15, -0.1) is 0 Å². The Morgan fingerprint density at radius 2 is 2.07 bits per heavy atom. The van der Waals surface area contributed by atoms with Crippen LogP contribution in [0.2, 0.25) is 0 Å². The second-order valence-electron chi connectivity index (χ2n) is 3.97. The predicted octanol–water partition coefficient (Wildman–Crippen LogP) is 1.88. The Bertz CT molecular complexity index is 330. The third-order valence-corrected chi connectivity index (χ3v) is 3.06. The Hall–Kier alpha value is -1.38. The molecule has 1 aliphatic carbocycles. The number of carboxylic acids is 1. The number of aromatic nitrogens is 1. The molecule has 3 heteroatoms. The van der Waals surface area contributed by atoms with Crippen molar-refractivity contribution in [3.63, 3.8) is 0 Å². The van der Waals surface area contributed by atoms with E-state index in [2.05, 4.69) is 4.98 Å². The fraction of sp³-hybridized carbons (Fsp3) is 0.455. The smallest absolute Gasteiger partial charge is 0.309 e. The zero-order chi connectivity index (χ0) is 10.0. The molecule has 0 radical (unpaired) electrons. The van der Waals surface area contributed by atoms with Crippen molar-refractivity contribution in [2.45, 2.75) is 25.7 Å². The molecule has 14 heavy (non-hydrogen) atoms. The van der Waals surface area contributed by atoms with Gasteiger partial charge in [0, 0.05) is 12.4 Å². The van der Waals surface area contributed by atoms with Crippen LogP contribution in [0.4, 0.5) is 0 Å². The topological polar surface area (TPSA) is 50.2 Å². The largest absolute Gasteiger partial charge is 0.481 e. The first-order valence-corrected chi connectivity index (χ1v) is 4.85. The summed E-state index contributed by atoms with van der Waals surface area (Å²) in [5.41, 5.74) is 0.587. The molecule has 0 aliphatic heterocycles. The van der Waals surface area contributed by atoms with Crippen LogP contribution in [0.3, 0.4) is 0 Å². The summed E-state index contributed by atoms with van der Waals surface area (Å²) >= 11 is 0. The minimum absolute atomic E-state index is 0.485. The first-order valence-electron chi connectivity index (χ1n) is 4.85. The highest BCUT2D eigenvalue weighted by atomic mass is 16.4. The second-order valence-corrected chi connectivity index (χ2v) is 3.97. The lowest BCUT2D eigenvalue weighted by Gasteiger charge is -2.37. The van der Waals surface area contributed by atoms with Gasteiger partial charge in [-0.3, -0.25) is 9.78 Å². The minimum atomic E-state index is -0.652. The molecule has 0 spiro atoms. The van der Waals surface area contributed by atoms with E-state index < -0.39 is 11.4 Å². The third kappa shape index (κ3) is 1.50. The summed E-state index contributed by atoms with van der Waals surface area (Å²) in [6.07, 6.45) is 6.73. The molecule has 0 amide bonds. The molecule has 0 atom stereocenters. The molecule has 1 heterocycles. The number of rotatable bonds is 3. The van der Waals surface area contributed by atoms with Crippen molar-refractivity contribution in [3.05, 3.63) is 30.1 Å². The lowest BCUT2D eigenvalue weighted by atomic mass is 9.65. The van der Waals surface area contributed by atoms with Gasteiger partial charge in [0.25, 0.3) is 0 Å². The highest BCUT2D eigenvalue weighted by molar-refractivity contribution is 5.76. The van der Waals surface area contributed by atoms with Gasteiger partial charge in [-0.05, 0) is 37.0 Å². The number of aliphatic carboxylic acids is 1. The molecule has 1 aliphatic rings. The molecule has 1 fully saturated rings. The molecule has 0 unspecified atom stereocenters. The maximum Gasteiger partial charge on any atom is 0.309 e. The average molecular weight is 191 g/mol. The van der Waals surface area contributed by atoms with Crippen LogP contribution in [0.25, 0.3) is 0 Å². The zero-order valence-electron chi connectivity index (χ0n) is 7.94. The lowest BCUT2D eigenvalue weighted by Crippen LogP contribution is -2.39. The van der Waals surface area contributed by atoms with Gasteiger partial charge in [0.2, 0.25) is 0 Å². The molecule has 74 valence electrons. The van der Waals surface area contributed by atoms with Gasteiger partial charge >= 0.3 is 5.97 Å². The standard InChI is InChI=1S/C11H13NO2/c13-10(14)11(4-1-5-11)8-9-2-6-12-7-3-9/h2-3,6-7H,1,4-5,8H2,(H,13,14). The fourth-order valence-corrected chi connectivity index (χ4v) is 1.96. The van der Waals surface area contributed by atoms with Gasteiger partial charge in [0.05, 0.1) is 5.41 Å². The Kier molecular flexibility index (Phi) is 2.23. The SMILES string of the molecule is O=C(O)C1(Cc2ccncc2)CCC1. The van der Waals surface area contributed by atoms with E-state index in [9.17, 15) is 4.79 Å². The minimum Gasteiger partial charge on any atom is -0.481 e. The van der Waals surface area contributed by atoms with Crippen LogP contribution in [-0.2, 0) is 11.2 Å². The number of carbonyl (C=O) groups is 1. The number of carboxylic acid groups (broad SMARTS) is 1. The van der Waals surface area contributed by atoms with E-state index in [-0.39, 0.29) is 0 Å². The Labute approximate surface area is 82.8 Å². The quantitative estimate of drug-likeness (QED) is 0.793. The van der Waals surface area contributed by atoms with Crippen LogP contribution in [0, 0.1) is 5.41 Å². The zero-order valence-corrected chi connectivity index (χ0v) is 7.94. The maximum absolute atomic E-state index is 11.1. The normalized spacial score (nSPS) is 18.6. The molecule has 3 nitrogen and oxygen atoms in total. The summed E-state index contributed by atoms with van der Waals surface area (Å²) in [5, 5.41) is 9.13. The van der Waals surface area contributed by atoms with Crippen LogP contribution in [-0.4, -0.2) is 16.1 Å². The van der Waals surface area contributed by atoms with Gasteiger partial charge in [-0.25, -0.2) is 0 Å². The van der Waals surface area contributed by atoms with Crippen molar-refractivity contribution in [1.82, 2.24) is 4.98 Å². The highest BCUT2D eigenvalue weighted by Gasteiger charge is 2.44. The average Bonchev–Trinajstić information content (AvgIpc) is 2.12. The summed E-state index contributed by atoms with van der Waals surface area (Å²) in [4.78, 5) is 15.0. The number of pyridine rings is 1. The summed E-state index contributed by atoms with van der Waals surface area (Å²) in [7, 11) is 0. The van der Waals surface area contributed by atoms with Crippen molar-refractivity contribution in [2.75, 3.05) is 0 Å². The fourth-order valence-electron chi connectivity index (χ4n) is 1.96. The van der Waals surface area contributed by atoms with Gasteiger partial charge in [0.15, 0.2) is 0 Å². The van der Waals surface area contributed by atoms with Gasteiger partial charge < -0.3 is 5.11 Å². The molecular weight excluding hydrogens is 178 g/mol. The molecule has 1 N–H and O–H groups in total. The van der Waals surface area contributed by atoms with Crippen molar-refractivity contribution >= 4 is 5.97 Å².